The third-order valence-corrected chi connectivity index (χ3v) is 1.38. The van der Waals surface area contributed by atoms with Crippen LogP contribution in [-0.2, 0) is 4.84 Å². The molecule has 0 aliphatic carbocycles. The maximum Gasteiger partial charge on any atom is 0.218 e. The summed E-state index contributed by atoms with van der Waals surface area (Å²) in [6.45, 7) is 5.72. The molecule has 0 fully saturated rings. The van der Waals surface area contributed by atoms with Crippen LogP contribution in [0.15, 0.2) is 24.3 Å². The van der Waals surface area contributed by atoms with Gasteiger partial charge in [-0.1, -0.05) is 25.7 Å². The molecule has 0 spiro atoms. The Morgan fingerprint density at radius 2 is 2.27 bits per heavy atom. The second-order valence-corrected chi connectivity index (χ2v) is 2.19. The molecule has 0 heterocycles. The van der Waals surface area contributed by atoms with Crippen LogP contribution in [0.3, 0.4) is 0 Å². The monoisotopic (exact) mass is 154 g/mol. The number of hydrogen-bond donors (Lipinski definition) is 0. The number of hydroxylamine groups is 1. The van der Waals surface area contributed by atoms with Crippen molar-refractivity contribution in [2.75, 3.05) is 14.2 Å². The second-order valence-electron chi connectivity index (χ2n) is 2.19. The van der Waals surface area contributed by atoms with E-state index in [1.807, 2.05) is 19.3 Å². The Morgan fingerprint density at radius 3 is 2.64 bits per heavy atom. The van der Waals surface area contributed by atoms with Crippen molar-refractivity contribution in [2.45, 2.75) is 13.3 Å². The van der Waals surface area contributed by atoms with Crippen molar-refractivity contribution in [3.8, 4) is 0 Å². The zero-order valence-corrected chi connectivity index (χ0v) is 7.50. The summed E-state index contributed by atoms with van der Waals surface area (Å²) in [5.41, 5.74) is 1.20. The lowest BCUT2D eigenvalue weighted by molar-refractivity contribution is -0.757. The van der Waals surface area contributed by atoms with Crippen LogP contribution in [0.5, 0.6) is 0 Å². The van der Waals surface area contributed by atoms with Crippen molar-refractivity contribution in [3.05, 3.63) is 24.3 Å². The summed E-state index contributed by atoms with van der Waals surface area (Å²) in [5, 5.41) is 0. The molecule has 0 atom stereocenters. The number of hydrogen-bond acceptors (Lipinski definition) is 1. The van der Waals surface area contributed by atoms with Gasteiger partial charge in [-0.15, -0.1) is 0 Å². The van der Waals surface area contributed by atoms with Gasteiger partial charge in [0.2, 0.25) is 6.21 Å². The first-order valence-corrected chi connectivity index (χ1v) is 3.68. The third-order valence-electron chi connectivity index (χ3n) is 1.38. The fourth-order valence-electron chi connectivity index (χ4n) is 0.690. The minimum atomic E-state index is 0.986. The normalized spacial score (nSPS) is 13.0. The zero-order valence-electron chi connectivity index (χ0n) is 7.50. The summed E-state index contributed by atoms with van der Waals surface area (Å²) in [7, 11) is 3.49. The van der Waals surface area contributed by atoms with Gasteiger partial charge < -0.3 is 0 Å². The van der Waals surface area contributed by atoms with Gasteiger partial charge in [0.25, 0.3) is 0 Å². The quantitative estimate of drug-likeness (QED) is 0.260. The Balaban J connectivity index is 4.28. The molecule has 0 aliphatic rings. The molecule has 11 heavy (non-hydrogen) atoms. The molecule has 0 radical (unpaired) electrons. The predicted octanol–water partition coefficient (Wildman–Crippen LogP) is 1.78. The fourth-order valence-corrected chi connectivity index (χ4v) is 0.690. The van der Waals surface area contributed by atoms with E-state index in [0.29, 0.717) is 0 Å². The van der Waals surface area contributed by atoms with Gasteiger partial charge in [0.05, 0.1) is 0 Å². The summed E-state index contributed by atoms with van der Waals surface area (Å²) >= 11 is 0. The molecule has 0 aliphatic heterocycles. The molecule has 0 aromatic rings. The third kappa shape index (κ3) is 4.37. The van der Waals surface area contributed by atoms with Gasteiger partial charge in [0.15, 0.2) is 7.05 Å². The average molecular weight is 154 g/mol. The summed E-state index contributed by atoms with van der Waals surface area (Å²) in [4.78, 5) is 4.93. The predicted molar refractivity (Wildman–Crippen MR) is 47.8 cm³/mol. The minimum Gasteiger partial charge on any atom is -0.281 e. The van der Waals surface area contributed by atoms with Crippen LogP contribution in [0, 0.1) is 0 Å². The van der Waals surface area contributed by atoms with E-state index in [-0.39, 0.29) is 0 Å². The lowest BCUT2D eigenvalue weighted by Crippen LogP contribution is -2.05. The smallest absolute Gasteiger partial charge is 0.218 e. The SMILES string of the molecule is C=C/C=C(\C=[N+](/C)OC)CC. The largest absolute Gasteiger partial charge is 0.281 e. The van der Waals surface area contributed by atoms with E-state index in [1.54, 1.807) is 17.9 Å². The molecular formula is C9H16NO+. The molecule has 2 heteroatoms. The maximum atomic E-state index is 4.93. The fraction of sp³-hybridized carbons (Fsp3) is 0.444. The van der Waals surface area contributed by atoms with Crippen molar-refractivity contribution in [3.63, 3.8) is 0 Å². The van der Waals surface area contributed by atoms with Crippen LogP contribution >= 0.6 is 0 Å². The van der Waals surface area contributed by atoms with Crippen LogP contribution in [0.1, 0.15) is 13.3 Å². The minimum absolute atomic E-state index is 0.986. The average Bonchev–Trinajstić information content (AvgIpc) is 2.03. The molecular weight excluding hydrogens is 138 g/mol. The first-order chi connectivity index (χ1) is 5.24. The van der Waals surface area contributed by atoms with E-state index in [1.165, 1.54) is 5.57 Å². The number of rotatable bonds is 4. The van der Waals surface area contributed by atoms with E-state index < -0.39 is 0 Å². The molecule has 0 N–H and O–H groups in total. The molecule has 0 saturated heterocycles. The molecule has 0 unspecified atom stereocenters. The van der Waals surface area contributed by atoms with E-state index in [0.717, 1.165) is 6.42 Å². The van der Waals surface area contributed by atoms with Gasteiger partial charge in [-0.25, -0.2) is 0 Å². The van der Waals surface area contributed by atoms with Crippen molar-refractivity contribution in [1.29, 1.82) is 0 Å². The molecule has 0 amide bonds. The molecule has 0 saturated carbocycles. The highest BCUT2D eigenvalue weighted by Gasteiger charge is 1.95. The summed E-state index contributed by atoms with van der Waals surface area (Å²) in [6, 6.07) is 0. The van der Waals surface area contributed by atoms with Crippen molar-refractivity contribution in [1.82, 2.24) is 0 Å². The van der Waals surface area contributed by atoms with E-state index in [2.05, 4.69) is 13.5 Å². The second kappa shape index (κ2) is 5.71. The summed E-state index contributed by atoms with van der Waals surface area (Å²) in [6.07, 6.45) is 6.66. The van der Waals surface area contributed by atoms with E-state index in [4.69, 9.17) is 4.84 Å². The number of allylic oxidation sites excluding steroid dienone is 3. The van der Waals surface area contributed by atoms with E-state index in [9.17, 15) is 0 Å². The Bertz CT molecular complexity index is 180. The summed E-state index contributed by atoms with van der Waals surface area (Å²) in [5.74, 6) is 0. The van der Waals surface area contributed by atoms with Crippen LogP contribution in [0.2, 0.25) is 0 Å². The molecule has 0 bridgehead atoms. The Morgan fingerprint density at radius 1 is 1.64 bits per heavy atom. The molecule has 0 aromatic carbocycles. The van der Waals surface area contributed by atoms with Crippen molar-refractivity contribution in [2.24, 2.45) is 0 Å². The molecule has 62 valence electrons. The van der Waals surface area contributed by atoms with Crippen LogP contribution in [-0.4, -0.2) is 25.1 Å². The molecule has 2 nitrogen and oxygen atoms in total. The first kappa shape index (κ1) is 9.95. The van der Waals surface area contributed by atoms with Gasteiger partial charge in [0.1, 0.15) is 7.11 Å². The van der Waals surface area contributed by atoms with Crippen molar-refractivity contribution < 1.29 is 9.58 Å². The Kier molecular flexibility index (Phi) is 5.17. The first-order valence-electron chi connectivity index (χ1n) is 3.68. The van der Waals surface area contributed by atoms with Gasteiger partial charge in [0, 0.05) is 5.57 Å². The highest BCUT2D eigenvalue weighted by atomic mass is 16.6. The summed E-state index contributed by atoms with van der Waals surface area (Å²) < 4.78 is 1.67. The highest BCUT2D eigenvalue weighted by molar-refractivity contribution is 5.74. The van der Waals surface area contributed by atoms with Gasteiger partial charge in [-0.2, -0.15) is 0 Å². The van der Waals surface area contributed by atoms with E-state index >= 15 is 0 Å². The molecule has 0 aromatic heterocycles. The van der Waals surface area contributed by atoms with Crippen LogP contribution < -0.4 is 0 Å². The van der Waals surface area contributed by atoms with Gasteiger partial charge in [-0.05, 0) is 11.2 Å². The Hall–Kier alpha value is -1.05. The van der Waals surface area contributed by atoms with Crippen molar-refractivity contribution >= 4 is 6.21 Å². The van der Waals surface area contributed by atoms with Gasteiger partial charge >= 0.3 is 0 Å². The van der Waals surface area contributed by atoms with Gasteiger partial charge in [-0.3, -0.25) is 4.84 Å². The Labute approximate surface area is 68.5 Å². The van der Waals surface area contributed by atoms with Crippen LogP contribution in [0.25, 0.3) is 0 Å². The standard InChI is InChI=1S/C9H16NO/c1-5-7-9(6-2)8-10(3)11-4/h5,7-8H,1,6H2,2-4H3/q+1/b9-7-,10-8+. The molecule has 0 rings (SSSR count). The lowest BCUT2D eigenvalue weighted by atomic mass is 10.2. The zero-order chi connectivity index (χ0) is 8.69. The lowest BCUT2D eigenvalue weighted by Gasteiger charge is -1.92. The topological polar surface area (TPSA) is 12.2 Å². The number of nitrogens with zero attached hydrogens (tertiary/aromatic N) is 1. The van der Waals surface area contributed by atoms with Crippen LogP contribution in [0.4, 0.5) is 0 Å². The highest BCUT2D eigenvalue weighted by Crippen LogP contribution is 1.95. The maximum absolute atomic E-state index is 4.93.